The molecule has 0 aromatic heterocycles. The summed E-state index contributed by atoms with van der Waals surface area (Å²) in [5.74, 6) is 0.509. The molecule has 0 atom stereocenters. The number of aryl methyl sites for hydroxylation is 2. The van der Waals surface area contributed by atoms with Crippen molar-refractivity contribution in [3.05, 3.63) is 56.5 Å². The van der Waals surface area contributed by atoms with E-state index in [0.717, 1.165) is 22.1 Å². The molecule has 138 valence electrons. The number of benzene rings is 2. The molecule has 0 aliphatic carbocycles. The van der Waals surface area contributed by atoms with E-state index in [-0.39, 0.29) is 12.4 Å². The summed E-state index contributed by atoms with van der Waals surface area (Å²) in [6.07, 6.45) is 1.72. The minimum Gasteiger partial charge on any atom is -0.484 e. The standard InChI is InChI=1S/C20H22BrClN2O2/c1-5-24(4)12-23-18-9-14(3)15(10-17(18)22)19(25)11-26-20-7-6-13(2)8-16(20)21/h6-10,12H,5,11H2,1-4H3. The first-order valence-corrected chi connectivity index (χ1v) is 9.45. The first-order chi connectivity index (χ1) is 12.3. The summed E-state index contributed by atoms with van der Waals surface area (Å²) in [6, 6.07) is 9.20. The third kappa shape index (κ3) is 5.32. The highest BCUT2D eigenvalue weighted by molar-refractivity contribution is 9.10. The molecule has 2 aromatic rings. The van der Waals surface area contributed by atoms with E-state index < -0.39 is 0 Å². The van der Waals surface area contributed by atoms with Gasteiger partial charge in [-0.3, -0.25) is 4.79 Å². The second-order valence-electron chi connectivity index (χ2n) is 6.08. The molecule has 4 nitrogen and oxygen atoms in total. The van der Waals surface area contributed by atoms with Gasteiger partial charge in [-0.05, 0) is 72.1 Å². The zero-order chi connectivity index (χ0) is 19.3. The number of carbonyl (C=O) groups is 1. The van der Waals surface area contributed by atoms with E-state index in [1.54, 1.807) is 12.4 Å². The number of rotatable bonds is 7. The number of ketones is 1. The van der Waals surface area contributed by atoms with Gasteiger partial charge in [0.1, 0.15) is 5.75 Å². The molecule has 26 heavy (non-hydrogen) atoms. The molecule has 0 heterocycles. The van der Waals surface area contributed by atoms with E-state index in [9.17, 15) is 4.79 Å². The fourth-order valence-electron chi connectivity index (χ4n) is 2.25. The van der Waals surface area contributed by atoms with Crippen LogP contribution in [0.3, 0.4) is 0 Å². The Balaban J connectivity index is 2.13. The van der Waals surface area contributed by atoms with Crippen LogP contribution in [0.15, 0.2) is 39.8 Å². The van der Waals surface area contributed by atoms with Crippen molar-refractivity contribution in [2.45, 2.75) is 20.8 Å². The van der Waals surface area contributed by atoms with Crippen molar-refractivity contribution in [3.8, 4) is 5.75 Å². The Hall–Kier alpha value is -1.85. The van der Waals surface area contributed by atoms with Crippen molar-refractivity contribution >= 4 is 45.3 Å². The van der Waals surface area contributed by atoms with Crippen molar-refractivity contribution in [2.75, 3.05) is 20.2 Å². The van der Waals surface area contributed by atoms with Gasteiger partial charge in [0.25, 0.3) is 0 Å². The number of halogens is 2. The maximum atomic E-state index is 12.5. The van der Waals surface area contributed by atoms with Gasteiger partial charge in [-0.1, -0.05) is 17.7 Å². The van der Waals surface area contributed by atoms with Gasteiger partial charge < -0.3 is 9.64 Å². The molecule has 0 saturated carbocycles. The molecule has 0 N–H and O–H groups in total. The second kappa shape index (κ2) is 9.19. The predicted molar refractivity (Wildman–Crippen MR) is 111 cm³/mol. The number of hydrogen-bond acceptors (Lipinski definition) is 3. The average molecular weight is 438 g/mol. The van der Waals surface area contributed by atoms with Gasteiger partial charge in [-0.15, -0.1) is 0 Å². The summed E-state index contributed by atoms with van der Waals surface area (Å²) in [6.45, 7) is 6.69. The Morgan fingerprint density at radius 2 is 2.04 bits per heavy atom. The van der Waals surface area contributed by atoms with Gasteiger partial charge in [0.05, 0.1) is 21.5 Å². The van der Waals surface area contributed by atoms with E-state index >= 15 is 0 Å². The monoisotopic (exact) mass is 436 g/mol. The van der Waals surface area contributed by atoms with Crippen molar-refractivity contribution in [3.63, 3.8) is 0 Å². The van der Waals surface area contributed by atoms with E-state index in [1.165, 1.54) is 0 Å². The third-order valence-electron chi connectivity index (χ3n) is 3.93. The van der Waals surface area contributed by atoms with Crippen LogP contribution < -0.4 is 4.74 Å². The van der Waals surface area contributed by atoms with Crippen LogP contribution >= 0.6 is 27.5 Å². The van der Waals surface area contributed by atoms with Crippen LogP contribution in [0.4, 0.5) is 5.69 Å². The number of ether oxygens (including phenoxy) is 1. The molecular weight excluding hydrogens is 416 g/mol. The highest BCUT2D eigenvalue weighted by Gasteiger charge is 2.14. The molecule has 0 amide bonds. The number of hydrogen-bond donors (Lipinski definition) is 0. The lowest BCUT2D eigenvalue weighted by Crippen LogP contribution is -2.14. The van der Waals surface area contributed by atoms with Gasteiger partial charge in [0.2, 0.25) is 5.78 Å². The van der Waals surface area contributed by atoms with Gasteiger partial charge >= 0.3 is 0 Å². The highest BCUT2D eigenvalue weighted by atomic mass is 79.9. The van der Waals surface area contributed by atoms with Gasteiger partial charge in [-0.2, -0.15) is 0 Å². The summed E-state index contributed by atoms with van der Waals surface area (Å²) >= 11 is 9.75. The van der Waals surface area contributed by atoms with Crippen molar-refractivity contribution in [1.82, 2.24) is 4.90 Å². The predicted octanol–water partition coefficient (Wildman–Crippen LogP) is 5.59. The summed E-state index contributed by atoms with van der Waals surface area (Å²) < 4.78 is 6.47. The molecular formula is C20H22BrClN2O2. The van der Waals surface area contributed by atoms with Crippen LogP contribution in [0.5, 0.6) is 5.75 Å². The lowest BCUT2D eigenvalue weighted by atomic mass is 10.0. The zero-order valence-corrected chi connectivity index (χ0v) is 17.7. The molecule has 0 radical (unpaired) electrons. The summed E-state index contributed by atoms with van der Waals surface area (Å²) in [7, 11) is 1.93. The Morgan fingerprint density at radius 1 is 1.31 bits per heavy atom. The van der Waals surface area contributed by atoms with E-state index in [2.05, 4.69) is 20.9 Å². The quantitative estimate of drug-likeness (QED) is 0.322. The summed E-state index contributed by atoms with van der Waals surface area (Å²) in [4.78, 5) is 18.9. The minimum atomic E-state index is -0.127. The molecule has 0 aliphatic rings. The number of nitrogens with zero attached hydrogens (tertiary/aromatic N) is 2. The lowest BCUT2D eigenvalue weighted by molar-refractivity contribution is 0.0920. The van der Waals surface area contributed by atoms with Gasteiger partial charge in [0, 0.05) is 19.2 Å². The molecule has 0 fully saturated rings. The van der Waals surface area contributed by atoms with Crippen molar-refractivity contribution < 1.29 is 9.53 Å². The van der Waals surface area contributed by atoms with E-state index in [0.29, 0.717) is 22.0 Å². The molecule has 2 rings (SSSR count). The second-order valence-corrected chi connectivity index (χ2v) is 7.34. The molecule has 0 bridgehead atoms. The average Bonchev–Trinajstić information content (AvgIpc) is 2.60. The minimum absolute atomic E-state index is 0.0555. The number of Topliss-reactive ketones (excluding diaryl/α,β-unsaturated/α-hetero) is 1. The van der Waals surface area contributed by atoms with Gasteiger partial charge in [-0.25, -0.2) is 4.99 Å². The Morgan fingerprint density at radius 3 is 2.69 bits per heavy atom. The van der Waals surface area contributed by atoms with Gasteiger partial charge in [0.15, 0.2) is 6.61 Å². The first kappa shape index (κ1) is 20.5. The van der Waals surface area contributed by atoms with Crippen molar-refractivity contribution in [1.29, 1.82) is 0 Å². The molecule has 0 saturated heterocycles. The normalized spacial score (nSPS) is 11.0. The molecule has 6 heteroatoms. The van der Waals surface area contributed by atoms with E-state index in [4.69, 9.17) is 16.3 Å². The first-order valence-electron chi connectivity index (χ1n) is 8.28. The van der Waals surface area contributed by atoms with Crippen LogP contribution in [-0.2, 0) is 0 Å². The zero-order valence-electron chi connectivity index (χ0n) is 15.3. The summed E-state index contributed by atoms with van der Waals surface area (Å²) in [5, 5.41) is 0.441. The maximum absolute atomic E-state index is 12.5. The SMILES string of the molecule is CCN(C)C=Nc1cc(C)c(C(=O)COc2ccc(C)cc2Br)cc1Cl. The summed E-state index contributed by atoms with van der Waals surface area (Å²) in [5.41, 5.74) is 3.12. The van der Waals surface area contributed by atoms with Crippen LogP contribution in [0.2, 0.25) is 5.02 Å². The molecule has 0 unspecified atom stereocenters. The van der Waals surface area contributed by atoms with Crippen LogP contribution in [-0.4, -0.2) is 37.2 Å². The molecule has 2 aromatic carbocycles. The molecule has 0 aliphatic heterocycles. The van der Waals surface area contributed by atoms with Crippen LogP contribution in [0.25, 0.3) is 0 Å². The Labute approximate surface area is 168 Å². The van der Waals surface area contributed by atoms with Crippen LogP contribution in [0.1, 0.15) is 28.4 Å². The topological polar surface area (TPSA) is 41.9 Å². The Kier molecular flexibility index (Phi) is 7.23. The number of carbonyl (C=O) groups excluding carboxylic acids is 1. The Bertz CT molecular complexity index is 837. The van der Waals surface area contributed by atoms with Crippen LogP contribution in [0, 0.1) is 13.8 Å². The van der Waals surface area contributed by atoms with Crippen molar-refractivity contribution in [2.24, 2.45) is 4.99 Å². The third-order valence-corrected chi connectivity index (χ3v) is 4.86. The fraction of sp³-hybridized carbons (Fsp3) is 0.300. The van der Waals surface area contributed by atoms with E-state index in [1.807, 2.05) is 57.0 Å². The number of aliphatic imine (C=N–C) groups is 1. The lowest BCUT2D eigenvalue weighted by Gasteiger charge is -2.12. The maximum Gasteiger partial charge on any atom is 0.200 e. The molecule has 0 spiro atoms. The largest absolute Gasteiger partial charge is 0.484 e. The smallest absolute Gasteiger partial charge is 0.200 e. The fourth-order valence-corrected chi connectivity index (χ4v) is 3.07. The highest BCUT2D eigenvalue weighted by Crippen LogP contribution is 2.29.